The fraction of sp³-hybridized carbons (Fsp3) is 0.524. The van der Waals surface area contributed by atoms with E-state index in [9.17, 15) is 9.59 Å². The number of halogens is 1. The number of allylic oxidation sites excluding steroid dienone is 1. The molecule has 2 amide bonds. The van der Waals surface area contributed by atoms with Gasteiger partial charge in [-0.15, -0.1) is 0 Å². The lowest BCUT2D eigenvalue weighted by atomic mass is 9.91. The van der Waals surface area contributed by atoms with Crippen LogP contribution in [0.3, 0.4) is 0 Å². The van der Waals surface area contributed by atoms with Gasteiger partial charge in [-0.3, -0.25) is 0 Å². The van der Waals surface area contributed by atoms with Gasteiger partial charge >= 0.3 is 12.0 Å². The van der Waals surface area contributed by atoms with E-state index in [1.165, 1.54) is 0 Å². The summed E-state index contributed by atoms with van der Waals surface area (Å²) in [6.07, 6.45) is -0.284. The van der Waals surface area contributed by atoms with E-state index in [1.54, 1.807) is 19.9 Å². The van der Waals surface area contributed by atoms with Crippen LogP contribution in [-0.2, 0) is 9.53 Å². The Hall–Kier alpha value is -2.22. The highest BCUT2D eigenvalue weighted by Crippen LogP contribution is 2.41. The molecular formula is C21H29BrN2O5. The summed E-state index contributed by atoms with van der Waals surface area (Å²) in [5.41, 5.74) is 1.62. The number of nitrogens with one attached hydrogen (secondary N) is 2. The van der Waals surface area contributed by atoms with Crippen LogP contribution in [0.5, 0.6) is 11.5 Å². The first-order valence-corrected chi connectivity index (χ1v) is 10.6. The summed E-state index contributed by atoms with van der Waals surface area (Å²) in [4.78, 5) is 25.3. The summed E-state index contributed by atoms with van der Waals surface area (Å²) in [5.74, 6) is 0.576. The average molecular weight is 469 g/mol. The number of hydrogen-bond acceptors (Lipinski definition) is 5. The van der Waals surface area contributed by atoms with Crippen LogP contribution in [-0.4, -0.2) is 31.3 Å². The van der Waals surface area contributed by atoms with Crippen molar-refractivity contribution in [3.05, 3.63) is 33.4 Å². The maximum atomic E-state index is 12.9. The molecule has 0 saturated heterocycles. The zero-order valence-electron chi connectivity index (χ0n) is 17.7. The van der Waals surface area contributed by atoms with Gasteiger partial charge in [0.1, 0.15) is 0 Å². The van der Waals surface area contributed by atoms with E-state index in [0.717, 1.165) is 0 Å². The van der Waals surface area contributed by atoms with Crippen LogP contribution in [0.4, 0.5) is 4.79 Å². The molecule has 0 fully saturated rings. The lowest BCUT2D eigenvalue weighted by Crippen LogP contribution is -2.47. The van der Waals surface area contributed by atoms with E-state index >= 15 is 0 Å². The number of amides is 2. The second-order valence-electron chi connectivity index (χ2n) is 7.16. The third-order valence-electron chi connectivity index (χ3n) is 4.20. The van der Waals surface area contributed by atoms with Gasteiger partial charge in [-0.2, -0.15) is 0 Å². The molecule has 0 radical (unpaired) electrons. The Balaban J connectivity index is 2.63. The van der Waals surface area contributed by atoms with Crippen LogP contribution < -0.4 is 20.1 Å². The molecule has 2 N–H and O–H groups in total. The molecule has 1 unspecified atom stereocenters. The number of benzene rings is 1. The monoisotopic (exact) mass is 468 g/mol. The molecule has 8 heteroatoms. The van der Waals surface area contributed by atoms with E-state index in [0.29, 0.717) is 46.0 Å². The highest BCUT2D eigenvalue weighted by atomic mass is 79.9. The minimum Gasteiger partial charge on any atom is -0.490 e. The molecule has 0 spiro atoms. The van der Waals surface area contributed by atoms with Crippen LogP contribution in [0.25, 0.3) is 0 Å². The largest absolute Gasteiger partial charge is 0.490 e. The molecule has 1 heterocycles. The molecule has 1 aromatic rings. The molecule has 0 bridgehead atoms. The summed E-state index contributed by atoms with van der Waals surface area (Å²) in [5, 5.41) is 5.61. The lowest BCUT2D eigenvalue weighted by Gasteiger charge is -2.31. The number of rotatable bonds is 8. The fourth-order valence-electron chi connectivity index (χ4n) is 3.10. The zero-order valence-corrected chi connectivity index (χ0v) is 19.3. The molecule has 0 aliphatic carbocycles. The van der Waals surface area contributed by atoms with Gasteiger partial charge in [0, 0.05) is 5.70 Å². The highest BCUT2D eigenvalue weighted by Gasteiger charge is 2.36. The Morgan fingerprint density at radius 1 is 1.14 bits per heavy atom. The first-order valence-electron chi connectivity index (χ1n) is 9.81. The second-order valence-corrected chi connectivity index (χ2v) is 8.02. The number of urea groups is 1. The van der Waals surface area contributed by atoms with Crippen molar-refractivity contribution < 1.29 is 23.8 Å². The summed E-state index contributed by atoms with van der Waals surface area (Å²) in [7, 11) is 0. The normalized spacial score (nSPS) is 16.6. The minimum atomic E-state index is -0.682. The Labute approximate surface area is 180 Å². The maximum Gasteiger partial charge on any atom is 0.338 e. The van der Waals surface area contributed by atoms with Gasteiger partial charge in [0.05, 0.1) is 35.4 Å². The van der Waals surface area contributed by atoms with Gasteiger partial charge in [0.25, 0.3) is 0 Å². The predicted octanol–water partition coefficient (Wildman–Crippen LogP) is 4.46. The van der Waals surface area contributed by atoms with Crippen molar-refractivity contribution in [2.24, 2.45) is 5.92 Å². The van der Waals surface area contributed by atoms with Gasteiger partial charge in [-0.1, -0.05) is 13.8 Å². The molecule has 2 rings (SSSR count). The van der Waals surface area contributed by atoms with Gasteiger partial charge < -0.3 is 24.8 Å². The Bertz CT molecular complexity index is 805. The molecular weight excluding hydrogens is 440 g/mol. The van der Waals surface area contributed by atoms with E-state index in [2.05, 4.69) is 26.6 Å². The third kappa shape index (κ3) is 5.44. The number of hydrogen-bond donors (Lipinski definition) is 2. The number of carbonyl (C=O) groups is 2. The smallest absolute Gasteiger partial charge is 0.338 e. The molecule has 1 aliphatic rings. The SMILES string of the molecule is CCOc1cc(C2NC(=O)NC(C(C)C)=C2C(=O)OC(C)C)cc(Br)c1OCC. The standard InChI is InChI=1S/C21H29BrN2O5/c1-7-27-15-10-13(9-14(22)19(15)28-8-2)18-16(20(25)29-12(5)6)17(11(3)4)23-21(26)24-18/h9-12,18H,7-8H2,1-6H3,(H2,23,24,26). The average Bonchev–Trinajstić information content (AvgIpc) is 2.63. The minimum absolute atomic E-state index is 0.0734. The molecule has 1 aliphatic heterocycles. The van der Waals surface area contributed by atoms with E-state index in [-0.39, 0.29) is 18.1 Å². The van der Waals surface area contributed by atoms with Crippen molar-refractivity contribution in [2.75, 3.05) is 13.2 Å². The molecule has 7 nitrogen and oxygen atoms in total. The third-order valence-corrected chi connectivity index (χ3v) is 4.79. The topological polar surface area (TPSA) is 85.9 Å². The van der Waals surface area contributed by atoms with Crippen LogP contribution in [0.2, 0.25) is 0 Å². The van der Waals surface area contributed by atoms with Crippen LogP contribution >= 0.6 is 15.9 Å². The van der Waals surface area contributed by atoms with Crippen molar-refractivity contribution in [1.29, 1.82) is 0 Å². The van der Waals surface area contributed by atoms with Crippen molar-refractivity contribution in [3.8, 4) is 11.5 Å². The first-order chi connectivity index (χ1) is 13.7. The first kappa shape index (κ1) is 23.1. The van der Waals surface area contributed by atoms with E-state index in [1.807, 2.05) is 33.8 Å². The molecule has 0 saturated carbocycles. The summed E-state index contributed by atoms with van der Waals surface area (Å²) < 4.78 is 17.6. The number of esters is 1. The lowest BCUT2D eigenvalue weighted by molar-refractivity contribution is -0.143. The van der Waals surface area contributed by atoms with Crippen molar-refractivity contribution in [2.45, 2.75) is 53.7 Å². The summed E-state index contributed by atoms with van der Waals surface area (Å²) in [6, 6.07) is 2.56. The van der Waals surface area contributed by atoms with Gasteiger partial charge in [-0.25, -0.2) is 9.59 Å². The van der Waals surface area contributed by atoms with Gasteiger partial charge in [-0.05, 0) is 67.2 Å². The highest BCUT2D eigenvalue weighted by molar-refractivity contribution is 9.10. The predicted molar refractivity (Wildman–Crippen MR) is 114 cm³/mol. The Morgan fingerprint density at radius 2 is 1.79 bits per heavy atom. The van der Waals surface area contributed by atoms with E-state index < -0.39 is 12.0 Å². The number of carbonyl (C=O) groups excluding carboxylic acids is 2. The fourth-order valence-corrected chi connectivity index (χ4v) is 3.67. The van der Waals surface area contributed by atoms with E-state index in [4.69, 9.17) is 14.2 Å². The van der Waals surface area contributed by atoms with Crippen LogP contribution in [0.1, 0.15) is 53.1 Å². The Morgan fingerprint density at radius 3 is 2.34 bits per heavy atom. The van der Waals surface area contributed by atoms with Crippen molar-refractivity contribution in [3.63, 3.8) is 0 Å². The molecule has 1 aromatic carbocycles. The second kappa shape index (κ2) is 10.0. The van der Waals surface area contributed by atoms with Crippen molar-refractivity contribution >= 4 is 27.9 Å². The molecule has 1 atom stereocenters. The van der Waals surface area contributed by atoms with Gasteiger partial charge in [0.15, 0.2) is 11.5 Å². The molecule has 29 heavy (non-hydrogen) atoms. The van der Waals surface area contributed by atoms with Crippen LogP contribution in [0.15, 0.2) is 27.9 Å². The number of ether oxygens (including phenoxy) is 3. The summed E-state index contributed by atoms with van der Waals surface area (Å²) >= 11 is 3.53. The quantitative estimate of drug-likeness (QED) is 0.549. The Kier molecular flexibility index (Phi) is 7.96. The molecule has 0 aromatic heterocycles. The van der Waals surface area contributed by atoms with Gasteiger partial charge in [0.2, 0.25) is 0 Å². The maximum absolute atomic E-state index is 12.9. The summed E-state index contributed by atoms with van der Waals surface area (Å²) in [6.45, 7) is 12.1. The van der Waals surface area contributed by atoms with Crippen molar-refractivity contribution in [1.82, 2.24) is 10.6 Å². The molecule has 160 valence electrons. The zero-order chi connectivity index (χ0) is 21.7. The van der Waals surface area contributed by atoms with Crippen LogP contribution in [0, 0.1) is 5.92 Å².